The largest absolute Gasteiger partial charge is 0.339 e. The number of nitrogens with one attached hydrogen (secondary N) is 1. The Bertz CT molecular complexity index is 807. The molecule has 2 amide bonds. The van der Waals surface area contributed by atoms with Crippen LogP contribution in [-0.4, -0.2) is 35.1 Å². The molecule has 0 aliphatic carbocycles. The topological polar surface area (TPSA) is 49.4 Å². The number of halogens is 1. The SMILES string of the molecule is CC(Sc1ccccc1)C(=O)Nc1cc(Cl)ccc1C(=O)N1CCCCC1. The molecule has 1 aliphatic heterocycles. The summed E-state index contributed by atoms with van der Waals surface area (Å²) in [7, 11) is 0. The van der Waals surface area contributed by atoms with Gasteiger partial charge in [0.1, 0.15) is 0 Å². The van der Waals surface area contributed by atoms with Crippen LogP contribution in [0.4, 0.5) is 5.69 Å². The van der Waals surface area contributed by atoms with E-state index >= 15 is 0 Å². The third-order valence-corrected chi connectivity index (χ3v) is 5.89. The first-order valence-electron chi connectivity index (χ1n) is 9.16. The van der Waals surface area contributed by atoms with E-state index in [-0.39, 0.29) is 17.1 Å². The van der Waals surface area contributed by atoms with Gasteiger partial charge in [0.15, 0.2) is 0 Å². The minimum atomic E-state index is -0.302. The quantitative estimate of drug-likeness (QED) is 0.709. The number of hydrogen-bond donors (Lipinski definition) is 1. The second kappa shape index (κ2) is 9.29. The number of carbonyl (C=O) groups is 2. The molecule has 0 radical (unpaired) electrons. The average molecular weight is 403 g/mol. The first kappa shape index (κ1) is 19.8. The Morgan fingerprint density at radius 2 is 1.78 bits per heavy atom. The highest BCUT2D eigenvalue weighted by atomic mass is 35.5. The molecule has 142 valence electrons. The van der Waals surface area contributed by atoms with Gasteiger partial charge in [0.05, 0.1) is 16.5 Å². The van der Waals surface area contributed by atoms with Crippen LogP contribution in [-0.2, 0) is 4.79 Å². The van der Waals surface area contributed by atoms with Crippen molar-refractivity contribution in [3.63, 3.8) is 0 Å². The molecular weight excluding hydrogens is 380 g/mol. The standard InChI is InChI=1S/C21H23ClN2O2S/c1-15(27-17-8-4-2-5-9-17)20(25)23-19-14-16(22)10-11-18(19)21(26)24-12-6-3-7-13-24/h2,4-5,8-11,14-15H,3,6-7,12-13H2,1H3,(H,23,25). The summed E-state index contributed by atoms with van der Waals surface area (Å²) in [4.78, 5) is 28.5. The van der Waals surface area contributed by atoms with Gasteiger partial charge >= 0.3 is 0 Å². The zero-order valence-electron chi connectivity index (χ0n) is 15.3. The summed E-state index contributed by atoms with van der Waals surface area (Å²) in [5, 5.41) is 3.09. The Balaban J connectivity index is 1.74. The van der Waals surface area contributed by atoms with Crippen LogP contribution in [0.5, 0.6) is 0 Å². The van der Waals surface area contributed by atoms with Crippen LogP contribution >= 0.6 is 23.4 Å². The maximum absolute atomic E-state index is 12.9. The number of anilines is 1. The van der Waals surface area contributed by atoms with Crippen molar-refractivity contribution in [2.45, 2.75) is 36.3 Å². The Morgan fingerprint density at radius 3 is 2.48 bits per heavy atom. The zero-order valence-corrected chi connectivity index (χ0v) is 16.9. The van der Waals surface area contributed by atoms with Crippen molar-refractivity contribution in [1.29, 1.82) is 0 Å². The van der Waals surface area contributed by atoms with Gasteiger partial charge in [-0.2, -0.15) is 0 Å². The average Bonchev–Trinajstić information content (AvgIpc) is 2.69. The normalized spacial score (nSPS) is 15.3. The summed E-state index contributed by atoms with van der Waals surface area (Å²) in [5.74, 6) is -0.205. The molecule has 0 bridgehead atoms. The van der Waals surface area contributed by atoms with Gasteiger partial charge in [0, 0.05) is 23.0 Å². The van der Waals surface area contributed by atoms with Crippen molar-refractivity contribution < 1.29 is 9.59 Å². The lowest BCUT2D eigenvalue weighted by Gasteiger charge is -2.27. The third-order valence-electron chi connectivity index (χ3n) is 4.54. The molecule has 1 aliphatic rings. The van der Waals surface area contributed by atoms with Crippen molar-refractivity contribution in [2.75, 3.05) is 18.4 Å². The maximum Gasteiger partial charge on any atom is 0.255 e. The summed E-state index contributed by atoms with van der Waals surface area (Å²) in [6.45, 7) is 3.37. The summed E-state index contributed by atoms with van der Waals surface area (Å²) < 4.78 is 0. The van der Waals surface area contributed by atoms with E-state index in [1.165, 1.54) is 11.8 Å². The summed E-state index contributed by atoms with van der Waals surface area (Å²) in [6, 6.07) is 14.8. The number of thioether (sulfide) groups is 1. The molecule has 1 unspecified atom stereocenters. The number of nitrogens with zero attached hydrogens (tertiary/aromatic N) is 1. The fraction of sp³-hybridized carbons (Fsp3) is 0.333. The van der Waals surface area contributed by atoms with Crippen LogP contribution < -0.4 is 5.32 Å². The van der Waals surface area contributed by atoms with E-state index in [2.05, 4.69) is 5.32 Å². The maximum atomic E-state index is 12.9. The van der Waals surface area contributed by atoms with Gasteiger partial charge < -0.3 is 10.2 Å². The smallest absolute Gasteiger partial charge is 0.255 e. The molecule has 4 nitrogen and oxygen atoms in total. The number of amides is 2. The number of piperidine rings is 1. The van der Waals surface area contributed by atoms with Gasteiger partial charge in [0.2, 0.25) is 5.91 Å². The molecule has 2 aromatic carbocycles. The minimum Gasteiger partial charge on any atom is -0.339 e. The van der Waals surface area contributed by atoms with Crippen molar-refractivity contribution in [2.24, 2.45) is 0 Å². The van der Waals surface area contributed by atoms with Crippen LogP contribution in [0, 0.1) is 0 Å². The van der Waals surface area contributed by atoms with E-state index in [0.29, 0.717) is 16.3 Å². The predicted molar refractivity (Wildman–Crippen MR) is 112 cm³/mol. The molecule has 1 atom stereocenters. The van der Waals surface area contributed by atoms with Crippen LogP contribution in [0.3, 0.4) is 0 Å². The Labute approximate surface area is 169 Å². The molecule has 0 aromatic heterocycles. The number of likely N-dealkylation sites (tertiary alicyclic amines) is 1. The van der Waals surface area contributed by atoms with E-state index in [1.54, 1.807) is 18.2 Å². The molecule has 6 heteroatoms. The number of hydrogen-bond acceptors (Lipinski definition) is 3. The molecule has 3 rings (SSSR count). The lowest BCUT2D eigenvalue weighted by molar-refractivity contribution is -0.115. The zero-order chi connectivity index (χ0) is 19.2. The summed E-state index contributed by atoms with van der Waals surface area (Å²) in [5.41, 5.74) is 0.968. The van der Waals surface area contributed by atoms with Gasteiger partial charge in [-0.05, 0) is 56.5 Å². The number of benzene rings is 2. The number of rotatable bonds is 5. The lowest BCUT2D eigenvalue weighted by Crippen LogP contribution is -2.36. The molecule has 27 heavy (non-hydrogen) atoms. The molecule has 1 fully saturated rings. The van der Waals surface area contributed by atoms with Crippen LogP contribution in [0.25, 0.3) is 0 Å². The van der Waals surface area contributed by atoms with Gasteiger partial charge in [-0.25, -0.2) is 0 Å². The second-order valence-electron chi connectivity index (χ2n) is 6.61. The molecule has 0 saturated carbocycles. The Hall–Kier alpha value is -1.98. The molecule has 1 N–H and O–H groups in total. The monoisotopic (exact) mass is 402 g/mol. The van der Waals surface area contributed by atoms with Crippen LogP contribution in [0.2, 0.25) is 5.02 Å². The predicted octanol–water partition coefficient (Wildman–Crippen LogP) is 5.09. The van der Waals surface area contributed by atoms with Gasteiger partial charge in [-0.3, -0.25) is 9.59 Å². The van der Waals surface area contributed by atoms with E-state index < -0.39 is 0 Å². The van der Waals surface area contributed by atoms with E-state index in [9.17, 15) is 9.59 Å². The van der Waals surface area contributed by atoms with Crippen LogP contribution in [0.1, 0.15) is 36.5 Å². The Morgan fingerprint density at radius 1 is 1.07 bits per heavy atom. The highest BCUT2D eigenvalue weighted by molar-refractivity contribution is 8.00. The first-order chi connectivity index (χ1) is 13.0. The van der Waals surface area contributed by atoms with Crippen molar-refractivity contribution in [1.82, 2.24) is 4.90 Å². The van der Waals surface area contributed by atoms with Gasteiger partial charge in [-0.15, -0.1) is 11.8 Å². The minimum absolute atomic E-state index is 0.0509. The van der Waals surface area contributed by atoms with Crippen molar-refractivity contribution >= 4 is 40.9 Å². The summed E-state index contributed by atoms with van der Waals surface area (Å²) in [6.07, 6.45) is 3.19. The van der Waals surface area contributed by atoms with Crippen molar-refractivity contribution in [3.8, 4) is 0 Å². The molecule has 0 spiro atoms. The second-order valence-corrected chi connectivity index (χ2v) is 8.46. The summed E-state index contributed by atoms with van der Waals surface area (Å²) >= 11 is 7.60. The number of carbonyl (C=O) groups excluding carboxylic acids is 2. The van der Waals surface area contributed by atoms with Gasteiger partial charge in [0.25, 0.3) is 5.91 Å². The highest BCUT2D eigenvalue weighted by Crippen LogP contribution is 2.27. The Kier molecular flexibility index (Phi) is 6.80. The highest BCUT2D eigenvalue weighted by Gasteiger charge is 2.23. The van der Waals surface area contributed by atoms with Crippen LogP contribution in [0.15, 0.2) is 53.4 Å². The molecule has 2 aromatic rings. The molecule has 1 heterocycles. The fourth-order valence-electron chi connectivity index (χ4n) is 3.06. The van der Waals surface area contributed by atoms with E-state index in [4.69, 9.17) is 11.6 Å². The third kappa shape index (κ3) is 5.27. The van der Waals surface area contributed by atoms with E-state index in [1.807, 2.05) is 42.2 Å². The van der Waals surface area contributed by atoms with Gasteiger partial charge in [-0.1, -0.05) is 29.8 Å². The van der Waals surface area contributed by atoms with Crippen molar-refractivity contribution in [3.05, 3.63) is 59.1 Å². The van der Waals surface area contributed by atoms with E-state index in [0.717, 1.165) is 37.2 Å². The lowest BCUT2D eigenvalue weighted by atomic mass is 10.1. The first-order valence-corrected chi connectivity index (χ1v) is 10.4. The molecular formula is C21H23ClN2O2S. The fourth-order valence-corrected chi connectivity index (χ4v) is 4.13. The molecule has 1 saturated heterocycles.